The number of hydrogen-bond donors (Lipinski definition) is 1. The molecule has 6 heteroatoms. The Morgan fingerprint density at radius 2 is 2.15 bits per heavy atom. The Hall–Kier alpha value is -0.970. The first-order chi connectivity index (χ1) is 9.52. The van der Waals surface area contributed by atoms with Gasteiger partial charge in [0.05, 0.1) is 11.0 Å². The summed E-state index contributed by atoms with van der Waals surface area (Å²) in [6, 6.07) is 3.66. The number of carbonyl (C=O) groups is 1. The van der Waals surface area contributed by atoms with Gasteiger partial charge < -0.3 is 0 Å². The first-order valence-corrected chi connectivity index (χ1v) is 7.88. The number of carbonyl (C=O) groups excluding carboxylic acids is 1. The van der Waals surface area contributed by atoms with E-state index in [1.807, 2.05) is 19.1 Å². The number of benzene rings is 1. The van der Waals surface area contributed by atoms with Crippen LogP contribution in [0, 0.1) is 6.92 Å². The van der Waals surface area contributed by atoms with E-state index in [1.165, 1.54) is 11.8 Å². The summed E-state index contributed by atoms with van der Waals surface area (Å²) in [7, 11) is 0. The zero-order valence-corrected chi connectivity index (χ0v) is 13.3. The quantitative estimate of drug-likeness (QED) is 0.854. The maximum Gasteiger partial charge on any atom is 0.253 e. The third kappa shape index (κ3) is 3.37. The number of thioether (sulfide) groups is 1. The minimum Gasteiger partial charge on any atom is -0.272 e. The number of hydrogen-bond acceptors (Lipinski definition) is 3. The molecule has 1 aromatic rings. The SMILES string of the molecule is C=CCSC1CC(c2cc(Cl)c(C)c(Cl)c2)=NNC1=O. The average molecular weight is 329 g/mol. The maximum atomic E-state index is 11.7. The van der Waals surface area contributed by atoms with Crippen molar-refractivity contribution in [3.8, 4) is 0 Å². The lowest BCUT2D eigenvalue weighted by Crippen LogP contribution is -2.37. The second-order valence-electron chi connectivity index (χ2n) is 4.41. The fourth-order valence-corrected chi connectivity index (χ4v) is 3.16. The summed E-state index contributed by atoms with van der Waals surface area (Å²) in [6.07, 6.45) is 2.34. The van der Waals surface area contributed by atoms with E-state index >= 15 is 0 Å². The van der Waals surface area contributed by atoms with Gasteiger partial charge in [-0.3, -0.25) is 4.79 Å². The van der Waals surface area contributed by atoms with Gasteiger partial charge in [0.2, 0.25) is 0 Å². The molecule has 1 atom stereocenters. The van der Waals surface area contributed by atoms with Crippen molar-refractivity contribution in [1.82, 2.24) is 5.43 Å². The third-order valence-electron chi connectivity index (χ3n) is 3.00. The van der Waals surface area contributed by atoms with E-state index < -0.39 is 0 Å². The zero-order chi connectivity index (χ0) is 14.7. The van der Waals surface area contributed by atoms with Crippen LogP contribution in [-0.4, -0.2) is 22.6 Å². The van der Waals surface area contributed by atoms with E-state index in [-0.39, 0.29) is 11.2 Å². The van der Waals surface area contributed by atoms with Crippen molar-refractivity contribution in [2.24, 2.45) is 5.10 Å². The monoisotopic (exact) mass is 328 g/mol. The molecule has 1 heterocycles. The van der Waals surface area contributed by atoms with Crippen LogP contribution in [0.4, 0.5) is 0 Å². The van der Waals surface area contributed by atoms with E-state index in [4.69, 9.17) is 23.2 Å². The van der Waals surface area contributed by atoms with Gasteiger partial charge in [-0.05, 0) is 24.6 Å². The van der Waals surface area contributed by atoms with E-state index in [1.54, 1.807) is 6.08 Å². The molecule has 0 radical (unpaired) electrons. The molecule has 0 saturated heterocycles. The van der Waals surface area contributed by atoms with Crippen LogP contribution < -0.4 is 5.43 Å². The van der Waals surface area contributed by atoms with Gasteiger partial charge in [0, 0.05) is 27.8 Å². The standard InChI is InChI=1S/C14H14Cl2N2OS/c1-3-4-20-13-7-12(17-18-14(13)19)9-5-10(15)8(2)11(16)6-9/h3,5-6,13H,1,4,7H2,2H3,(H,18,19). The summed E-state index contributed by atoms with van der Waals surface area (Å²) in [6.45, 7) is 5.53. The first-order valence-electron chi connectivity index (χ1n) is 6.08. The molecule has 2 rings (SSSR count). The van der Waals surface area contributed by atoms with E-state index in [0.29, 0.717) is 16.5 Å². The summed E-state index contributed by atoms with van der Waals surface area (Å²) in [4.78, 5) is 11.7. The van der Waals surface area contributed by atoms with Crippen molar-refractivity contribution in [3.63, 3.8) is 0 Å². The molecule has 1 unspecified atom stereocenters. The predicted octanol–water partition coefficient (Wildman–Crippen LogP) is 3.81. The Morgan fingerprint density at radius 3 is 2.75 bits per heavy atom. The summed E-state index contributed by atoms with van der Waals surface area (Å²) < 4.78 is 0. The average Bonchev–Trinajstić information content (AvgIpc) is 2.43. The van der Waals surface area contributed by atoms with Crippen molar-refractivity contribution in [1.29, 1.82) is 0 Å². The van der Waals surface area contributed by atoms with Crippen LogP contribution in [0.25, 0.3) is 0 Å². The van der Waals surface area contributed by atoms with Gasteiger partial charge in [0.15, 0.2) is 0 Å². The van der Waals surface area contributed by atoms with Crippen molar-refractivity contribution >= 4 is 46.6 Å². The summed E-state index contributed by atoms with van der Waals surface area (Å²) in [5, 5.41) is 5.14. The first kappa shape index (κ1) is 15.4. The van der Waals surface area contributed by atoms with Gasteiger partial charge in [0.1, 0.15) is 0 Å². The molecule has 1 aliphatic heterocycles. The van der Waals surface area contributed by atoms with Crippen LogP contribution in [0.15, 0.2) is 29.9 Å². The molecular weight excluding hydrogens is 315 g/mol. The normalized spacial score (nSPS) is 18.4. The van der Waals surface area contributed by atoms with Crippen LogP contribution in [0.1, 0.15) is 17.5 Å². The zero-order valence-electron chi connectivity index (χ0n) is 11.0. The highest BCUT2D eigenvalue weighted by molar-refractivity contribution is 8.00. The topological polar surface area (TPSA) is 41.5 Å². The van der Waals surface area contributed by atoms with E-state index in [9.17, 15) is 4.79 Å². The van der Waals surface area contributed by atoms with Crippen LogP contribution in [0.3, 0.4) is 0 Å². The molecule has 3 nitrogen and oxygen atoms in total. The van der Waals surface area contributed by atoms with Crippen molar-refractivity contribution < 1.29 is 4.79 Å². The Kier molecular flexibility index (Phi) is 5.13. The van der Waals surface area contributed by atoms with Crippen molar-refractivity contribution in [2.45, 2.75) is 18.6 Å². The molecule has 1 amide bonds. The fraction of sp³-hybridized carbons (Fsp3) is 0.286. The molecule has 0 spiro atoms. The lowest BCUT2D eigenvalue weighted by Gasteiger charge is -2.21. The van der Waals surface area contributed by atoms with Crippen LogP contribution >= 0.6 is 35.0 Å². The van der Waals surface area contributed by atoms with Gasteiger partial charge in [-0.2, -0.15) is 5.10 Å². The molecule has 1 aromatic carbocycles. The highest BCUT2D eigenvalue weighted by Crippen LogP contribution is 2.28. The Morgan fingerprint density at radius 1 is 1.50 bits per heavy atom. The molecule has 20 heavy (non-hydrogen) atoms. The van der Waals surface area contributed by atoms with Gasteiger partial charge in [0.25, 0.3) is 5.91 Å². The summed E-state index contributed by atoms with van der Waals surface area (Å²) in [5.41, 5.74) is 5.02. The lowest BCUT2D eigenvalue weighted by atomic mass is 10.0. The van der Waals surface area contributed by atoms with Gasteiger partial charge >= 0.3 is 0 Å². The maximum absolute atomic E-state index is 11.7. The molecule has 0 bridgehead atoms. The van der Waals surface area contributed by atoms with Gasteiger partial charge in [-0.15, -0.1) is 18.3 Å². The summed E-state index contributed by atoms with van der Waals surface area (Å²) >= 11 is 13.8. The lowest BCUT2D eigenvalue weighted by molar-refractivity contribution is -0.120. The number of nitrogens with one attached hydrogen (secondary N) is 1. The third-order valence-corrected chi connectivity index (χ3v) is 5.00. The van der Waals surface area contributed by atoms with Crippen molar-refractivity contribution in [3.05, 3.63) is 46.0 Å². The molecule has 106 valence electrons. The summed E-state index contributed by atoms with van der Waals surface area (Å²) in [5.74, 6) is 0.644. The van der Waals surface area contributed by atoms with Crippen LogP contribution in [0.5, 0.6) is 0 Å². The molecule has 1 aliphatic rings. The Bertz CT molecular complexity index is 564. The van der Waals surface area contributed by atoms with Crippen molar-refractivity contribution in [2.75, 3.05) is 5.75 Å². The van der Waals surface area contributed by atoms with Crippen LogP contribution in [-0.2, 0) is 4.79 Å². The number of hydrazone groups is 1. The van der Waals surface area contributed by atoms with E-state index in [0.717, 1.165) is 22.6 Å². The predicted molar refractivity (Wildman–Crippen MR) is 86.9 cm³/mol. The number of rotatable bonds is 4. The Labute approximate surface area is 132 Å². The molecule has 0 aliphatic carbocycles. The Balaban J connectivity index is 2.25. The molecule has 0 aromatic heterocycles. The van der Waals surface area contributed by atoms with Gasteiger partial charge in [-0.25, -0.2) is 5.43 Å². The fourth-order valence-electron chi connectivity index (χ4n) is 1.82. The minimum absolute atomic E-state index is 0.0788. The second kappa shape index (κ2) is 6.66. The second-order valence-corrected chi connectivity index (χ2v) is 6.46. The largest absolute Gasteiger partial charge is 0.272 e. The van der Waals surface area contributed by atoms with Crippen LogP contribution in [0.2, 0.25) is 10.0 Å². The minimum atomic E-state index is -0.167. The van der Waals surface area contributed by atoms with E-state index in [2.05, 4.69) is 17.1 Å². The molecule has 0 saturated carbocycles. The highest BCUT2D eigenvalue weighted by Gasteiger charge is 2.26. The number of halogens is 2. The molecule has 0 fully saturated rings. The molecule has 1 N–H and O–H groups in total. The molecular formula is C14H14Cl2N2OS. The van der Waals surface area contributed by atoms with Gasteiger partial charge in [-0.1, -0.05) is 29.3 Å². The highest BCUT2D eigenvalue weighted by atomic mass is 35.5. The number of amides is 1. The smallest absolute Gasteiger partial charge is 0.253 e. The number of nitrogens with zero attached hydrogens (tertiary/aromatic N) is 1.